The van der Waals surface area contributed by atoms with Crippen LogP contribution in [0.1, 0.15) is 10.4 Å². The Bertz CT molecular complexity index is 807. The van der Waals surface area contributed by atoms with Crippen molar-refractivity contribution >= 4 is 23.2 Å². The van der Waals surface area contributed by atoms with Gasteiger partial charge >= 0.3 is 5.97 Å². The van der Waals surface area contributed by atoms with Crippen LogP contribution in [-0.4, -0.2) is 37.5 Å². The number of methoxy groups -OCH3 is 1. The molecular formula is C12H10ClN5O2. The van der Waals surface area contributed by atoms with Crippen LogP contribution in [-0.2, 0) is 11.8 Å². The summed E-state index contributed by atoms with van der Waals surface area (Å²) in [5.74, 6) is 0.0837. The predicted molar refractivity (Wildman–Crippen MR) is 71.5 cm³/mol. The number of hydrogen-bond donors (Lipinski definition) is 0. The monoisotopic (exact) mass is 291 g/mol. The molecule has 0 amide bonds. The van der Waals surface area contributed by atoms with E-state index >= 15 is 0 Å². The number of hydrogen-bond acceptors (Lipinski definition) is 5. The zero-order valence-corrected chi connectivity index (χ0v) is 11.5. The lowest BCUT2D eigenvalue weighted by Gasteiger charge is -2.03. The number of carbonyl (C=O) groups is 1. The van der Waals surface area contributed by atoms with Crippen LogP contribution in [0.15, 0.2) is 24.7 Å². The highest BCUT2D eigenvalue weighted by Gasteiger charge is 2.16. The molecule has 0 N–H and O–H groups in total. The number of aryl methyl sites for hydroxylation is 1. The number of ether oxygens (including phenoxy) is 1. The third-order valence-electron chi connectivity index (χ3n) is 2.84. The quantitative estimate of drug-likeness (QED) is 0.670. The van der Waals surface area contributed by atoms with E-state index in [0.717, 1.165) is 5.56 Å². The Hall–Kier alpha value is -2.41. The number of esters is 1. The molecule has 0 aliphatic carbocycles. The first-order valence-electron chi connectivity index (χ1n) is 5.72. The van der Waals surface area contributed by atoms with E-state index in [9.17, 15) is 4.79 Å². The lowest BCUT2D eigenvalue weighted by atomic mass is 10.2. The fraction of sp³-hybridized carbons (Fsp3) is 0.167. The van der Waals surface area contributed by atoms with Gasteiger partial charge in [-0.15, -0.1) is 10.2 Å². The lowest BCUT2D eigenvalue weighted by molar-refractivity contribution is 0.0600. The average molecular weight is 292 g/mol. The van der Waals surface area contributed by atoms with Gasteiger partial charge in [0.05, 0.1) is 29.5 Å². The summed E-state index contributed by atoms with van der Waals surface area (Å²) in [6.45, 7) is 0. The summed E-state index contributed by atoms with van der Waals surface area (Å²) in [6.07, 6.45) is 5.06. The van der Waals surface area contributed by atoms with Gasteiger partial charge in [-0.05, 0) is 6.07 Å². The molecule has 20 heavy (non-hydrogen) atoms. The van der Waals surface area contributed by atoms with Crippen molar-refractivity contribution in [1.82, 2.24) is 24.4 Å². The largest absolute Gasteiger partial charge is 0.465 e. The molecule has 3 heterocycles. The minimum atomic E-state index is -0.473. The number of nitrogens with zero attached hydrogens (tertiary/aromatic N) is 5. The number of fused-ring (bicyclic) bond motifs is 1. The molecule has 0 saturated heterocycles. The highest BCUT2D eigenvalue weighted by Crippen LogP contribution is 2.23. The number of rotatable bonds is 2. The SMILES string of the molecule is COC(=O)c1cc(Cl)c2nnc(-c3cnn(C)c3)n2c1. The maximum atomic E-state index is 11.6. The molecule has 0 spiro atoms. The third kappa shape index (κ3) is 1.92. The summed E-state index contributed by atoms with van der Waals surface area (Å²) in [4.78, 5) is 11.6. The molecule has 0 aromatic carbocycles. The minimum absolute atomic E-state index is 0.329. The molecule has 0 saturated carbocycles. The van der Waals surface area contributed by atoms with Crippen molar-refractivity contribution < 1.29 is 9.53 Å². The maximum absolute atomic E-state index is 11.6. The number of halogens is 1. The minimum Gasteiger partial charge on any atom is -0.465 e. The van der Waals surface area contributed by atoms with Crippen molar-refractivity contribution in [2.24, 2.45) is 7.05 Å². The maximum Gasteiger partial charge on any atom is 0.339 e. The van der Waals surface area contributed by atoms with Crippen LogP contribution < -0.4 is 0 Å². The second-order valence-electron chi connectivity index (χ2n) is 4.19. The predicted octanol–water partition coefficient (Wildman–Crippen LogP) is 1.57. The first-order chi connectivity index (χ1) is 9.60. The zero-order valence-electron chi connectivity index (χ0n) is 10.7. The zero-order chi connectivity index (χ0) is 14.3. The molecule has 0 aliphatic heterocycles. The topological polar surface area (TPSA) is 74.3 Å². The van der Waals surface area contributed by atoms with E-state index in [0.29, 0.717) is 22.1 Å². The lowest BCUT2D eigenvalue weighted by Crippen LogP contribution is -2.03. The van der Waals surface area contributed by atoms with Crippen LogP contribution in [0.25, 0.3) is 17.0 Å². The first-order valence-corrected chi connectivity index (χ1v) is 6.09. The Morgan fingerprint density at radius 1 is 1.35 bits per heavy atom. The van der Waals surface area contributed by atoms with E-state index in [2.05, 4.69) is 15.3 Å². The van der Waals surface area contributed by atoms with Gasteiger partial charge in [-0.1, -0.05) is 11.6 Å². The van der Waals surface area contributed by atoms with Crippen molar-refractivity contribution in [3.8, 4) is 11.4 Å². The summed E-state index contributed by atoms with van der Waals surface area (Å²) in [5.41, 5.74) is 1.58. The van der Waals surface area contributed by atoms with Crippen LogP contribution in [0.2, 0.25) is 5.02 Å². The molecule has 0 atom stereocenters. The Labute approximate surface area is 118 Å². The smallest absolute Gasteiger partial charge is 0.339 e. The summed E-state index contributed by atoms with van der Waals surface area (Å²) in [5, 5.41) is 12.5. The molecule has 3 rings (SSSR count). The third-order valence-corrected chi connectivity index (χ3v) is 3.12. The van der Waals surface area contributed by atoms with Crippen LogP contribution in [0.3, 0.4) is 0 Å². The molecular weight excluding hydrogens is 282 g/mol. The highest BCUT2D eigenvalue weighted by molar-refractivity contribution is 6.33. The van der Waals surface area contributed by atoms with E-state index in [1.807, 2.05) is 0 Å². The summed E-state index contributed by atoms with van der Waals surface area (Å²) in [6, 6.07) is 1.50. The summed E-state index contributed by atoms with van der Waals surface area (Å²) < 4.78 is 8.00. The van der Waals surface area contributed by atoms with Crippen molar-refractivity contribution in [1.29, 1.82) is 0 Å². The average Bonchev–Trinajstić information content (AvgIpc) is 3.03. The fourth-order valence-electron chi connectivity index (χ4n) is 1.92. The van der Waals surface area contributed by atoms with Gasteiger partial charge in [0.25, 0.3) is 0 Å². The Kier molecular flexibility index (Phi) is 2.90. The van der Waals surface area contributed by atoms with Crippen LogP contribution in [0.5, 0.6) is 0 Å². The Morgan fingerprint density at radius 2 is 2.15 bits per heavy atom. The van der Waals surface area contributed by atoms with Gasteiger partial charge in [-0.3, -0.25) is 9.08 Å². The first kappa shape index (κ1) is 12.6. The molecule has 7 nitrogen and oxygen atoms in total. The van der Waals surface area contributed by atoms with Crippen LogP contribution in [0, 0.1) is 0 Å². The molecule has 8 heteroatoms. The van der Waals surface area contributed by atoms with Gasteiger partial charge < -0.3 is 4.74 Å². The summed E-state index contributed by atoms with van der Waals surface area (Å²) in [7, 11) is 3.12. The molecule has 0 unspecified atom stereocenters. The van der Waals surface area contributed by atoms with Gasteiger partial charge in [0.1, 0.15) is 0 Å². The molecule has 3 aromatic rings. The normalized spacial score (nSPS) is 10.9. The Morgan fingerprint density at radius 3 is 2.80 bits per heavy atom. The van der Waals surface area contributed by atoms with E-state index in [1.54, 1.807) is 34.7 Å². The Balaban J connectivity index is 2.24. The van der Waals surface area contributed by atoms with Crippen LogP contribution in [0.4, 0.5) is 0 Å². The van der Waals surface area contributed by atoms with Crippen molar-refractivity contribution in [3.05, 3.63) is 35.2 Å². The fourth-order valence-corrected chi connectivity index (χ4v) is 2.16. The number of pyridine rings is 1. The van der Waals surface area contributed by atoms with Crippen molar-refractivity contribution in [2.45, 2.75) is 0 Å². The van der Waals surface area contributed by atoms with E-state index in [4.69, 9.17) is 16.3 Å². The molecule has 0 fully saturated rings. The van der Waals surface area contributed by atoms with E-state index in [1.165, 1.54) is 13.2 Å². The van der Waals surface area contributed by atoms with Gasteiger partial charge in [0, 0.05) is 19.4 Å². The van der Waals surface area contributed by atoms with Crippen molar-refractivity contribution in [3.63, 3.8) is 0 Å². The molecule has 0 aliphatic rings. The van der Waals surface area contributed by atoms with Gasteiger partial charge in [0.2, 0.25) is 0 Å². The van der Waals surface area contributed by atoms with Gasteiger partial charge in [-0.25, -0.2) is 4.79 Å². The van der Waals surface area contributed by atoms with E-state index in [-0.39, 0.29) is 0 Å². The molecule has 0 bridgehead atoms. The second kappa shape index (κ2) is 4.61. The second-order valence-corrected chi connectivity index (χ2v) is 4.60. The number of aromatic nitrogens is 5. The standard InChI is InChI=1S/C12H10ClN5O2/c1-17-5-8(4-14-17)10-15-16-11-9(13)3-7(6-18(10)11)12(19)20-2/h3-6H,1-2H3. The molecule has 0 radical (unpaired) electrons. The summed E-state index contributed by atoms with van der Waals surface area (Å²) >= 11 is 6.12. The highest BCUT2D eigenvalue weighted by atomic mass is 35.5. The van der Waals surface area contributed by atoms with Gasteiger partial charge in [0.15, 0.2) is 11.5 Å². The van der Waals surface area contributed by atoms with Crippen LogP contribution >= 0.6 is 11.6 Å². The van der Waals surface area contributed by atoms with Gasteiger partial charge in [-0.2, -0.15) is 5.10 Å². The van der Waals surface area contributed by atoms with E-state index < -0.39 is 5.97 Å². The molecule has 3 aromatic heterocycles. The molecule has 102 valence electrons. The van der Waals surface area contributed by atoms with Crippen molar-refractivity contribution in [2.75, 3.05) is 7.11 Å². The number of carbonyl (C=O) groups excluding carboxylic acids is 1.